The summed E-state index contributed by atoms with van der Waals surface area (Å²) in [6, 6.07) is 11.6. The maximum atomic E-state index is 13.1. The number of anilines is 1. The molecular weight excluding hydrogens is 316 g/mol. The fourth-order valence-electron chi connectivity index (χ4n) is 1.96. The number of aliphatic hydroxyl groups is 1. The van der Waals surface area contributed by atoms with E-state index < -0.39 is 17.7 Å². The molecule has 3 N–H and O–H groups in total. The van der Waals surface area contributed by atoms with Gasteiger partial charge in [0.1, 0.15) is 0 Å². The Morgan fingerprint density at radius 3 is 2.50 bits per heavy atom. The summed E-state index contributed by atoms with van der Waals surface area (Å²) < 4.78 is 25.9. The first-order chi connectivity index (χ1) is 11.5. The van der Waals surface area contributed by atoms with Crippen LogP contribution in [0.2, 0.25) is 0 Å². The SMILES string of the molecule is N#Cc1ccc(NCC(=O)NC[C@@H](O)c2ccc(F)c(F)c2)cc1. The van der Waals surface area contributed by atoms with Crippen LogP contribution in [0.5, 0.6) is 0 Å². The third kappa shape index (κ3) is 4.76. The summed E-state index contributed by atoms with van der Waals surface area (Å²) in [6.07, 6.45) is -1.14. The number of nitriles is 1. The lowest BCUT2D eigenvalue weighted by atomic mass is 10.1. The Labute approximate surface area is 137 Å². The number of nitrogens with one attached hydrogen (secondary N) is 2. The van der Waals surface area contributed by atoms with Gasteiger partial charge in [0.25, 0.3) is 0 Å². The van der Waals surface area contributed by atoms with Gasteiger partial charge in [-0.2, -0.15) is 5.26 Å². The molecule has 0 aliphatic rings. The Balaban J connectivity index is 1.79. The molecule has 0 heterocycles. The zero-order valence-corrected chi connectivity index (χ0v) is 12.6. The van der Waals surface area contributed by atoms with Gasteiger partial charge < -0.3 is 15.7 Å². The Kier molecular flexibility index (Phi) is 5.82. The molecule has 24 heavy (non-hydrogen) atoms. The number of hydrogen-bond donors (Lipinski definition) is 3. The number of carbonyl (C=O) groups is 1. The van der Waals surface area contributed by atoms with Crippen molar-refractivity contribution in [2.75, 3.05) is 18.4 Å². The van der Waals surface area contributed by atoms with Gasteiger partial charge in [-0.1, -0.05) is 6.07 Å². The van der Waals surface area contributed by atoms with E-state index in [1.54, 1.807) is 24.3 Å². The van der Waals surface area contributed by atoms with E-state index in [1.165, 1.54) is 6.07 Å². The number of nitrogens with zero attached hydrogens (tertiary/aromatic N) is 1. The largest absolute Gasteiger partial charge is 0.387 e. The van der Waals surface area contributed by atoms with Crippen LogP contribution < -0.4 is 10.6 Å². The van der Waals surface area contributed by atoms with Crippen molar-refractivity contribution in [1.29, 1.82) is 5.26 Å². The molecule has 7 heteroatoms. The lowest BCUT2D eigenvalue weighted by Crippen LogP contribution is -2.33. The maximum Gasteiger partial charge on any atom is 0.239 e. The van der Waals surface area contributed by atoms with E-state index in [4.69, 9.17) is 5.26 Å². The molecule has 0 bridgehead atoms. The van der Waals surface area contributed by atoms with Gasteiger partial charge in [0.05, 0.1) is 24.3 Å². The standard InChI is InChI=1S/C17H15F2N3O2/c18-14-6-3-12(7-15(14)19)16(23)9-22-17(24)10-21-13-4-1-11(8-20)2-5-13/h1-7,16,21,23H,9-10H2,(H,22,24)/t16-/m1/s1. The molecule has 0 radical (unpaired) electrons. The quantitative estimate of drug-likeness (QED) is 0.757. The van der Waals surface area contributed by atoms with Crippen molar-refractivity contribution >= 4 is 11.6 Å². The predicted molar refractivity (Wildman–Crippen MR) is 84.0 cm³/mol. The minimum Gasteiger partial charge on any atom is -0.387 e. The molecule has 5 nitrogen and oxygen atoms in total. The number of rotatable bonds is 6. The van der Waals surface area contributed by atoms with Gasteiger partial charge in [-0.05, 0) is 42.0 Å². The van der Waals surface area contributed by atoms with Crippen molar-refractivity contribution in [2.45, 2.75) is 6.10 Å². The highest BCUT2D eigenvalue weighted by molar-refractivity contribution is 5.80. The summed E-state index contributed by atoms with van der Waals surface area (Å²) in [5, 5.41) is 23.9. The Morgan fingerprint density at radius 2 is 1.88 bits per heavy atom. The number of carbonyl (C=O) groups excluding carboxylic acids is 1. The highest BCUT2D eigenvalue weighted by Crippen LogP contribution is 2.15. The Hall–Kier alpha value is -2.98. The minimum atomic E-state index is -1.14. The second-order valence-electron chi connectivity index (χ2n) is 5.04. The van der Waals surface area contributed by atoms with Crippen LogP contribution in [0.15, 0.2) is 42.5 Å². The van der Waals surface area contributed by atoms with Crippen LogP contribution in [0.3, 0.4) is 0 Å². The average Bonchev–Trinajstić information content (AvgIpc) is 2.60. The Bertz CT molecular complexity index is 757. The molecule has 0 aliphatic carbocycles. The fraction of sp³-hybridized carbons (Fsp3) is 0.176. The van der Waals surface area contributed by atoms with E-state index in [0.717, 1.165) is 12.1 Å². The predicted octanol–water partition coefficient (Wildman–Crippen LogP) is 2.10. The van der Waals surface area contributed by atoms with Crippen LogP contribution >= 0.6 is 0 Å². The van der Waals surface area contributed by atoms with E-state index in [0.29, 0.717) is 11.3 Å². The van der Waals surface area contributed by atoms with Crippen molar-refractivity contribution < 1.29 is 18.7 Å². The second-order valence-corrected chi connectivity index (χ2v) is 5.04. The molecule has 124 valence electrons. The molecule has 2 aromatic rings. The number of halogens is 2. The van der Waals surface area contributed by atoms with Crippen LogP contribution in [0.25, 0.3) is 0 Å². The summed E-state index contributed by atoms with van der Waals surface area (Å²) >= 11 is 0. The summed E-state index contributed by atoms with van der Waals surface area (Å²) in [5.74, 6) is -2.43. The summed E-state index contributed by atoms with van der Waals surface area (Å²) in [5.41, 5.74) is 1.36. The molecule has 0 unspecified atom stereocenters. The molecule has 1 amide bonds. The van der Waals surface area contributed by atoms with Gasteiger partial charge in [0.15, 0.2) is 11.6 Å². The molecule has 0 aromatic heterocycles. The van der Waals surface area contributed by atoms with Gasteiger partial charge >= 0.3 is 0 Å². The molecule has 0 spiro atoms. The lowest BCUT2D eigenvalue weighted by molar-refractivity contribution is -0.119. The molecule has 0 fully saturated rings. The van der Waals surface area contributed by atoms with Crippen LogP contribution in [0, 0.1) is 23.0 Å². The first-order valence-electron chi connectivity index (χ1n) is 7.13. The first kappa shape index (κ1) is 17.4. The minimum absolute atomic E-state index is 0.0314. The zero-order valence-electron chi connectivity index (χ0n) is 12.6. The molecule has 2 aromatic carbocycles. The van der Waals surface area contributed by atoms with Crippen molar-refractivity contribution in [3.63, 3.8) is 0 Å². The third-order valence-electron chi connectivity index (χ3n) is 3.29. The van der Waals surface area contributed by atoms with Crippen LogP contribution in [-0.4, -0.2) is 24.1 Å². The average molecular weight is 331 g/mol. The first-order valence-corrected chi connectivity index (χ1v) is 7.13. The third-order valence-corrected chi connectivity index (χ3v) is 3.29. The topological polar surface area (TPSA) is 85.2 Å². The smallest absolute Gasteiger partial charge is 0.239 e. The van der Waals surface area contributed by atoms with Gasteiger partial charge in [0.2, 0.25) is 5.91 Å². The van der Waals surface area contributed by atoms with Crippen LogP contribution in [-0.2, 0) is 4.79 Å². The van der Waals surface area contributed by atoms with Gasteiger partial charge in [-0.3, -0.25) is 4.79 Å². The summed E-state index contributed by atoms with van der Waals surface area (Å²) in [6.45, 7) is -0.157. The number of amides is 1. The van der Waals surface area contributed by atoms with E-state index >= 15 is 0 Å². The molecule has 0 saturated carbocycles. The van der Waals surface area contributed by atoms with E-state index in [2.05, 4.69) is 10.6 Å². The van der Waals surface area contributed by atoms with Gasteiger partial charge in [-0.25, -0.2) is 8.78 Å². The molecule has 2 rings (SSSR count). The highest BCUT2D eigenvalue weighted by atomic mass is 19.2. The monoisotopic (exact) mass is 331 g/mol. The van der Waals surface area contributed by atoms with Crippen molar-refractivity contribution in [1.82, 2.24) is 5.32 Å². The van der Waals surface area contributed by atoms with E-state index in [-0.39, 0.29) is 24.6 Å². The molecule has 1 atom stereocenters. The normalized spacial score (nSPS) is 11.4. The maximum absolute atomic E-state index is 13.1. The Morgan fingerprint density at radius 1 is 1.17 bits per heavy atom. The van der Waals surface area contributed by atoms with Crippen LogP contribution in [0.1, 0.15) is 17.2 Å². The van der Waals surface area contributed by atoms with Gasteiger partial charge in [-0.15, -0.1) is 0 Å². The molecular formula is C17H15F2N3O2. The second kappa shape index (κ2) is 8.04. The van der Waals surface area contributed by atoms with Crippen molar-refractivity contribution in [3.8, 4) is 6.07 Å². The summed E-state index contributed by atoms with van der Waals surface area (Å²) in [7, 11) is 0. The van der Waals surface area contributed by atoms with Crippen LogP contribution in [0.4, 0.5) is 14.5 Å². The van der Waals surface area contributed by atoms with E-state index in [1.807, 2.05) is 6.07 Å². The highest BCUT2D eigenvalue weighted by Gasteiger charge is 2.12. The van der Waals surface area contributed by atoms with Gasteiger partial charge in [0, 0.05) is 12.2 Å². The summed E-state index contributed by atoms with van der Waals surface area (Å²) in [4.78, 5) is 11.7. The fourth-order valence-corrected chi connectivity index (χ4v) is 1.96. The number of hydrogen-bond acceptors (Lipinski definition) is 4. The lowest BCUT2D eigenvalue weighted by Gasteiger charge is -2.13. The molecule has 0 saturated heterocycles. The zero-order chi connectivity index (χ0) is 17.5. The number of benzene rings is 2. The van der Waals surface area contributed by atoms with E-state index in [9.17, 15) is 18.7 Å². The molecule has 0 aliphatic heterocycles. The van der Waals surface area contributed by atoms with Crippen molar-refractivity contribution in [3.05, 3.63) is 65.2 Å². The van der Waals surface area contributed by atoms with Crippen molar-refractivity contribution in [2.24, 2.45) is 0 Å². The number of aliphatic hydroxyl groups excluding tert-OH is 1.